The van der Waals surface area contributed by atoms with Gasteiger partial charge in [-0.2, -0.15) is 0 Å². The van der Waals surface area contributed by atoms with Crippen LogP contribution in [0.1, 0.15) is 17.2 Å². The van der Waals surface area contributed by atoms with Crippen molar-refractivity contribution < 1.29 is 4.74 Å². The summed E-state index contributed by atoms with van der Waals surface area (Å²) in [7, 11) is 1.58. The summed E-state index contributed by atoms with van der Waals surface area (Å²) in [6, 6.07) is 11.0. The average Bonchev–Trinajstić information content (AvgIpc) is 2.45. The van der Waals surface area contributed by atoms with Crippen LogP contribution in [0.5, 0.6) is 5.75 Å². The number of nitrogens with two attached hydrogens (primary N) is 1. The molecule has 0 bridgehead atoms. The maximum absolute atomic E-state index is 6.12. The minimum Gasteiger partial charge on any atom is -0.495 e. The smallest absolute Gasteiger partial charge is 0.137 e. The summed E-state index contributed by atoms with van der Waals surface area (Å²) >= 11 is 15.5. The summed E-state index contributed by atoms with van der Waals surface area (Å²) < 4.78 is 6.07. The quantitative estimate of drug-likeness (QED) is 0.618. The molecule has 0 aliphatic carbocycles. The highest BCUT2D eigenvalue weighted by Crippen LogP contribution is 2.32. The predicted octanol–water partition coefficient (Wildman–Crippen LogP) is 4.32. The lowest BCUT2D eigenvalue weighted by atomic mass is 9.99. The van der Waals surface area contributed by atoms with Gasteiger partial charge in [-0.3, -0.25) is 5.84 Å². The van der Waals surface area contributed by atoms with Crippen LogP contribution in [0.2, 0.25) is 10.0 Å². The Bertz CT molecular complexity index is 622. The molecule has 0 saturated heterocycles. The third-order valence-corrected chi connectivity index (χ3v) is 4.50. The van der Waals surface area contributed by atoms with Crippen molar-refractivity contribution in [3.63, 3.8) is 0 Å². The molecule has 2 aromatic rings. The van der Waals surface area contributed by atoms with Crippen LogP contribution < -0.4 is 16.0 Å². The van der Waals surface area contributed by atoms with Gasteiger partial charge in [0.15, 0.2) is 0 Å². The van der Waals surface area contributed by atoms with E-state index in [1.165, 1.54) is 0 Å². The van der Waals surface area contributed by atoms with Gasteiger partial charge in [-0.1, -0.05) is 35.3 Å². The summed E-state index contributed by atoms with van der Waals surface area (Å²) in [5.74, 6) is 6.28. The fourth-order valence-electron chi connectivity index (χ4n) is 1.93. The highest BCUT2D eigenvalue weighted by Gasteiger charge is 2.15. The standard InChI is InChI=1S/C14H13BrCl2N2O/c1-20-13-7-9(3-5-11(13)16)14(19-18)8-2-4-10(15)12(17)6-8/h2-7,14,19H,18H2,1H3. The fraction of sp³-hybridized carbons (Fsp3) is 0.143. The van der Waals surface area contributed by atoms with Crippen LogP contribution in [0.4, 0.5) is 0 Å². The number of hydrogen-bond acceptors (Lipinski definition) is 3. The van der Waals surface area contributed by atoms with E-state index in [0.29, 0.717) is 15.8 Å². The highest BCUT2D eigenvalue weighted by molar-refractivity contribution is 9.10. The maximum Gasteiger partial charge on any atom is 0.137 e. The first kappa shape index (κ1) is 15.6. The summed E-state index contributed by atoms with van der Waals surface area (Å²) in [6.07, 6.45) is 0. The van der Waals surface area contributed by atoms with Crippen LogP contribution >= 0.6 is 39.1 Å². The Kier molecular flexibility index (Phi) is 5.29. The molecule has 1 unspecified atom stereocenters. The molecule has 2 aromatic carbocycles. The molecule has 0 radical (unpaired) electrons. The third-order valence-electron chi connectivity index (χ3n) is 2.95. The largest absolute Gasteiger partial charge is 0.495 e. The van der Waals surface area contributed by atoms with Crippen LogP contribution in [0.25, 0.3) is 0 Å². The molecule has 3 nitrogen and oxygen atoms in total. The first-order valence-electron chi connectivity index (χ1n) is 5.81. The Hall–Kier alpha value is -0.780. The van der Waals surface area contributed by atoms with Gasteiger partial charge < -0.3 is 4.74 Å². The van der Waals surface area contributed by atoms with Gasteiger partial charge in [0, 0.05) is 4.47 Å². The Labute approximate surface area is 136 Å². The molecule has 6 heteroatoms. The number of halogens is 3. The summed E-state index contributed by atoms with van der Waals surface area (Å²) in [5.41, 5.74) is 4.67. The van der Waals surface area contributed by atoms with Crippen LogP contribution in [-0.2, 0) is 0 Å². The van der Waals surface area contributed by atoms with Crippen LogP contribution in [0.3, 0.4) is 0 Å². The number of methoxy groups -OCH3 is 1. The molecular formula is C14H13BrCl2N2O. The Morgan fingerprint density at radius 1 is 1.10 bits per heavy atom. The van der Waals surface area contributed by atoms with E-state index in [0.717, 1.165) is 15.6 Å². The molecule has 106 valence electrons. The minimum atomic E-state index is -0.202. The minimum absolute atomic E-state index is 0.202. The van der Waals surface area contributed by atoms with Crippen molar-refractivity contribution in [1.29, 1.82) is 0 Å². The van der Waals surface area contributed by atoms with Crippen molar-refractivity contribution >= 4 is 39.1 Å². The van der Waals surface area contributed by atoms with Gasteiger partial charge >= 0.3 is 0 Å². The van der Waals surface area contributed by atoms with E-state index in [9.17, 15) is 0 Å². The average molecular weight is 376 g/mol. The zero-order chi connectivity index (χ0) is 14.7. The van der Waals surface area contributed by atoms with Crippen molar-refractivity contribution in [3.8, 4) is 5.75 Å². The number of rotatable bonds is 4. The van der Waals surface area contributed by atoms with E-state index in [1.807, 2.05) is 30.3 Å². The first-order valence-corrected chi connectivity index (χ1v) is 7.36. The monoisotopic (exact) mass is 374 g/mol. The topological polar surface area (TPSA) is 47.3 Å². The summed E-state index contributed by atoms with van der Waals surface area (Å²) in [6.45, 7) is 0. The van der Waals surface area contributed by atoms with Crippen molar-refractivity contribution in [2.24, 2.45) is 5.84 Å². The van der Waals surface area contributed by atoms with Crippen molar-refractivity contribution in [3.05, 3.63) is 62.0 Å². The number of benzene rings is 2. The third kappa shape index (κ3) is 3.27. The number of ether oxygens (including phenoxy) is 1. The first-order chi connectivity index (χ1) is 9.56. The molecule has 0 amide bonds. The Morgan fingerprint density at radius 2 is 1.75 bits per heavy atom. The van der Waals surface area contributed by atoms with Gasteiger partial charge in [-0.25, -0.2) is 5.43 Å². The van der Waals surface area contributed by atoms with Gasteiger partial charge in [-0.15, -0.1) is 0 Å². The molecule has 0 aromatic heterocycles. The van der Waals surface area contributed by atoms with Crippen molar-refractivity contribution in [2.75, 3.05) is 7.11 Å². The van der Waals surface area contributed by atoms with Gasteiger partial charge in [0.25, 0.3) is 0 Å². The molecule has 0 heterocycles. The number of hydrazine groups is 1. The maximum atomic E-state index is 6.12. The fourth-order valence-corrected chi connectivity index (χ4v) is 2.56. The van der Waals surface area contributed by atoms with E-state index in [-0.39, 0.29) is 6.04 Å². The van der Waals surface area contributed by atoms with E-state index >= 15 is 0 Å². The van der Waals surface area contributed by atoms with Gasteiger partial charge in [0.2, 0.25) is 0 Å². The van der Waals surface area contributed by atoms with Gasteiger partial charge in [0.05, 0.1) is 23.2 Å². The molecule has 0 aliphatic heterocycles. The molecule has 3 N–H and O–H groups in total. The summed E-state index contributed by atoms with van der Waals surface area (Å²) in [4.78, 5) is 0. The lowest BCUT2D eigenvalue weighted by Crippen LogP contribution is -2.28. The molecule has 0 aliphatic rings. The van der Waals surface area contributed by atoms with Crippen LogP contribution in [-0.4, -0.2) is 7.11 Å². The van der Waals surface area contributed by atoms with E-state index in [2.05, 4.69) is 21.4 Å². The zero-order valence-corrected chi connectivity index (χ0v) is 13.8. The predicted molar refractivity (Wildman–Crippen MR) is 86.3 cm³/mol. The van der Waals surface area contributed by atoms with Gasteiger partial charge in [0.1, 0.15) is 5.75 Å². The van der Waals surface area contributed by atoms with E-state index < -0.39 is 0 Å². The van der Waals surface area contributed by atoms with Gasteiger partial charge in [-0.05, 0) is 51.3 Å². The van der Waals surface area contributed by atoms with Crippen molar-refractivity contribution in [2.45, 2.75) is 6.04 Å². The van der Waals surface area contributed by atoms with E-state index in [4.69, 9.17) is 33.8 Å². The zero-order valence-electron chi connectivity index (χ0n) is 10.7. The second kappa shape index (κ2) is 6.78. The van der Waals surface area contributed by atoms with Crippen LogP contribution in [0.15, 0.2) is 40.9 Å². The lowest BCUT2D eigenvalue weighted by Gasteiger charge is -2.18. The highest BCUT2D eigenvalue weighted by atomic mass is 79.9. The number of nitrogens with one attached hydrogen (secondary N) is 1. The molecule has 20 heavy (non-hydrogen) atoms. The summed E-state index contributed by atoms with van der Waals surface area (Å²) in [5, 5.41) is 1.18. The molecule has 2 rings (SSSR count). The van der Waals surface area contributed by atoms with Crippen molar-refractivity contribution in [1.82, 2.24) is 5.43 Å². The number of hydrogen-bond donors (Lipinski definition) is 2. The van der Waals surface area contributed by atoms with E-state index in [1.54, 1.807) is 13.2 Å². The van der Waals surface area contributed by atoms with Crippen LogP contribution in [0, 0.1) is 0 Å². The molecule has 1 atom stereocenters. The Balaban J connectivity index is 2.43. The second-order valence-corrected chi connectivity index (χ2v) is 5.84. The second-order valence-electron chi connectivity index (χ2n) is 4.17. The molecule has 0 saturated carbocycles. The Morgan fingerprint density at radius 3 is 2.35 bits per heavy atom. The SMILES string of the molecule is COc1cc(C(NN)c2ccc(Br)c(Cl)c2)ccc1Cl. The lowest BCUT2D eigenvalue weighted by molar-refractivity contribution is 0.414. The molecular weight excluding hydrogens is 363 g/mol. The molecule has 0 spiro atoms. The molecule has 0 fully saturated rings. The normalized spacial score (nSPS) is 12.2.